The molecule has 1 aliphatic carbocycles. The first-order valence-corrected chi connectivity index (χ1v) is 32.3. The van der Waals surface area contributed by atoms with Gasteiger partial charge in [-0.25, -0.2) is 0 Å². The lowest BCUT2D eigenvalue weighted by atomic mass is 9.86. The summed E-state index contributed by atoms with van der Waals surface area (Å²) in [6.45, 7) is 0.668. The second-order valence-corrected chi connectivity index (χ2v) is 24.2. The van der Waals surface area contributed by atoms with Crippen LogP contribution in [0.25, 0.3) is 0 Å². The standard InChI is InChI=1S/C54H95N8O29P/c1-29(66)58-41-46(74)43(71)37(26-64)89-52(41)85-22-19-82-16-13-55-39(69)11-9-34(50(78)56-14-17-83-20-23-86-53-42(59-30(2)67)47(75)44(72)38(27-65)90-53)60-40(70)12-10-35(61-49(77)32-5-7-33(8-6-32)91-92(4,80)81)51(79)57-15-18-84-21-24-88-54(62-31(3)68)28-87-36(25-63)45(73)48(54)76/h32-38,41-48,52-53,63-65,71-76H,5-28H2,1-4H3,(H,55,69)(H,56,78)(H,57,79)(H,58,66)(H,59,67)(H,60,70)(H,61,77)(H,62,68)(H,80,81). The zero-order valence-corrected chi connectivity index (χ0v) is 52.9. The Balaban J connectivity index is 1.36. The van der Waals surface area contributed by atoms with Crippen LogP contribution in [0.5, 0.6) is 0 Å². The Morgan fingerprint density at radius 2 is 1.01 bits per heavy atom. The number of carbonyl (C=O) groups excluding carboxylic acids is 8. The lowest BCUT2D eigenvalue weighted by Gasteiger charge is -2.45. The zero-order valence-electron chi connectivity index (χ0n) is 52.0. The Bertz CT molecular complexity index is 2360. The van der Waals surface area contributed by atoms with Crippen molar-refractivity contribution in [2.75, 3.05) is 112 Å². The van der Waals surface area contributed by atoms with Gasteiger partial charge in [0.05, 0.1) is 92.0 Å². The average molecular weight is 1350 g/mol. The monoisotopic (exact) mass is 1350 g/mol. The van der Waals surface area contributed by atoms with Gasteiger partial charge in [-0.1, -0.05) is 0 Å². The fourth-order valence-corrected chi connectivity index (χ4v) is 11.1. The summed E-state index contributed by atoms with van der Waals surface area (Å²) in [6, 6.07) is -5.08. The summed E-state index contributed by atoms with van der Waals surface area (Å²) in [5, 5.41) is 112. The highest BCUT2D eigenvalue weighted by Crippen LogP contribution is 2.42. The largest absolute Gasteiger partial charge is 0.394 e. The molecule has 17 atom stereocenters. The fourth-order valence-electron chi connectivity index (χ4n) is 10.3. The molecule has 4 fully saturated rings. The van der Waals surface area contributed by atoms with Gasteiger partial charge in [-0.15, -0.1) is 0 Å². The van der Waals surface area contributed by atoms with Gasteiger partial charge in [0.25, 0.3) is 0 Å². The van der Waals surface area contributed by atoms with E-state index in [0.717, 1.165) is 13.6 Å². The van der Waals surface area contributed by atoms with Crippen LogP contribution in [-0.2, 0) is 90.1 Å². The topological polar surface area (TPSA) is 544 Å². The molecule has 3 saturated heterocycles. The minimum atomic E-state index is -3.82. The Hall–Kier alpha value is -4.81. The molecule has 18 N–H and O–H groups in total. The summed E-state index contributed by atoms with van der Waals surface area (Å²) in [4.78, 5) is 113. The molecule has 0 aromatic rings. The third-order valence-electron chi connectivity index (χ3n) is 15.0. The Morgan fingerprint density at radius 3 is 1.47 bits per heavy atom. The molecule has 37 nitrogen and oxygen atoms in total. The summed E-state index contributed by atoms with van der Waals surface area (Å²) in [5.41, 5.74) is -1.89. The Labute approximate surface area is 530 Å². The van der Waals surface area contributed by atoms with Crippen molar-refractivity contribution in [3.8, 4) is 0 Å². The molecule has 1 saturated carbocycles. The van der Waals surface area contributed by atoms with Crippen molar-refractivity contribution in [3.05, 3.63) is 0 Å². The first kappa shape index (κ1) is 79.6. The van der Waals surface area contributed by atoms with Crippen LogP contribution in [0.4, 0.5) is 0 Å². The Morgan fingerprint density at radius 1 is 0.554 bits per heavy atom. The summed E-state index contributed by atoms with van der Waals surface area (Å²) in [7, 11) is -3.82. The van der Waals surface area contributed by atoms with E-state index >= 15 is 0 Å². The quantitative estimate of drug-likeness (QED) is 0.0154. The minimum absolute atomic E-state index is 0.0327. The molecular weight excluding hydrogens is 1260 g/mol. The van der Waals surface area contributed by atoms with E-state index in [9.17, 15) is 93.8 Å². The number of ether oxygens (including phenoxy) is 9. The van der Waals surface area contributed by atoms with Gasteiger partial charge < -0.3 is 141 Å². The molecule has 17 unspecified atom stereocenters. The fraction of sp³-hybridized carbons (Fsp3) is 0.852. The van der Waals surface area contributed by atoms with Crippen molar-refractivity contribution in [1.82, 2.24) is 42.5 Å². The van der Waals surface area contributed by atoms with E-state index in [1.165, 1.54) is 13.8 Å². The molecule has 4 aliphatic rings. The molecule has 92 heavy (non-hydrogen) atoms. The molecule has 4 rings (SSSR count). The molecule has 0 aromatic heterocycles. The van der Waals surface area contributed by atoms with Crippen molar-refractivity contribution in [1.29, 1.82) is 0 Å². The molecule has 0 aromatic carbocycles. The van der Waals surface area contributed by atoms with E-state index in [1.807, 2.05) is 0 Å². The number of aliphatic hydroxyl groups is 9. The maximum Gasteiger partial charge on any atom is 0.325 e. The lowest BCUT2D eigenvalue weighted by molar-refractivity contribution is -0.272. The molecule has 8 amide bonds. The smallest absolute Gasteiger partial charge is 0.325 e. The van der Waals surface area contributed by atoms with Crippen molar-refractivity contribution in [3.63, 3.8) is 0 Å². The number of hydrogen-bond acceptors (Lipinski definition) is 28. The van der Waals surface area contributed by atoms with Crippen LogP contribution in [0.2, 0.25) is 0 Å². The van der Waals surface area contributed by atoms with Crippen molar-refractivity contribution >= 4 is 54.9 Å². The lowest BCUT2D eigenvalue weighted by Crippen LogP contribution is -2.70. The van der Waals surface area contributed by atoms with Gasteiger partial charge in [-0.05, 0) is 38.5 Å². The first-order chi connectivity index (χ1) is 43.6. The van der Waals surface area contributed by atoms with Gasteiger partial charge in [0.15, 0.2) is 18.3 Å². The highest BCUT2D eigenvalue weighted by molar-refractivity contribution is 7.51. The molecule has 0 radical (unpaired) electrons. The minimum Gasteiger partial charge on any atom is -0.394 e. The molecule has 0 spiro atoms. The van der Waals surface area contributed by atoms with E-state index in [1.54, 1.807) is 0 Å². The molecule has 3 heterocycles. The SMILES string of the molecule is CC(=O)NC1C(OCCOCCNC(=O)CCC(NC(=O)CCC(NC(=O)C2CCC(OP(C)(=O)O)CC2)C(=O)NCCOCCOC2(NC(C)=O)COC(CO)C(O)C2O)C(=O)NCCOCCOC2OC(CO)C(O)C(O)C2NC(C)=O)OC(CO)C(O)C1O. The summed E-state index contributed by atoms with van der Waals surface area (Å²) in [6.07, 6.45) is -16.5. The third-order valence-corrected chi connectivity index (χ3v) is 15.7. The maximum absolute atomic E-state index is 13.8. The van der Waals surface area contributed by atoms with Gasteiger partial charge >= 0.3 is 7.60 Å². The number of aliphatic hydroxyl groups excluding tert-OH is 9. The van der Waals surface area contributed by atoms with Crippen LogP contribution in [0, 0.1) is 5.92 Å². The third kappa shape index (κ3) is 26.8. The van der Waals surface area contributed by atoms with Crippen LogP contribution in [0.3, 0.4) is 0 Å². The number of carbonyl (C=O) groups is 8. The van der Waals surface area contributed by atoms with E-state index < -0.39 is 197 Å². The second kappa shape index (κ2) is 40.6. The molecule has 3 aliphatic heterocycles. The van der Waals surface area contributed by atoms with Crippen LogP contribution in [-0.4, -0.2) is 314 Å². The predicted molar refractivity (Wildman–Crippen MR) is 310 cm³/mol. The Kier molecular flexibility index (Phi) is 35.1. The number of hydrogen-bond donors (Lipinski definition) is 18. The summed E-state index contributed by atoms with van der Waals surface area (Å²) < 4.78 is 67.2. The number of amides is 8. The van der Waals surface area contributed by atoms with Crippen LogP contribution < -0.4 is 42.5 Å². The van der Waals surface area contributed by atoms with E-state index in [0.29, 0.717) is 0 Å². The summed E-state index contributed by atoms with van der Waals surface area (Å²) >= 11 is 0. The van der Waals surface area contributed by atoms with Gasteiger partial charge in [-0.2, -0.15) is 0 Å². The van der Waals surface area contributed by atoms with Gasteiger partial charge in [0.1, 0.15) is 79.1 Å². The van der Waals surface area contributed by atoms with E-state index in [-0.39, 0.29) is 124 Å². The van der Waals surface area contributed by atoms with Crippen LogP contribution in [0.1, 0.15) is 72.1 Å². The van der Waals surface area contributed by atoms with Crippen LogP contribution >= 0.6 is 7.60 Å². The van der Waals surface area contributed by atoms with Gasteiger partial charge in [-0.3, -0.25) is 42.9 Å². The summed E-state index contributed by atoms with van der Waals surface area (Å²) in [5.74, 6) is -5.75. The van der Waals surface area contributed by atoms with Crippen molar-refractivity contribution in [2.45, 2.75) is 176 Å². The zero-order chi connectivity index (χ0) is 68.1. The van der Waals surface area contributed by atoms with Crippen LogP contribution in [0.15, 0.2) is 0 Å². The van der Waals surface area contributed by atoms with Crippen molar-refractivity contribution in [2.24, 2.45) is 5.92 Å². The van der Waals surface area contributed by atoms with Gasteiger partial charge in [0, 0.05) is 65.8 Å². The second-order valence-electron chi connectivity index (χ2n) is 22.4. The molecule has 0 bridgehead atoms. The molecule has 530 valence electrons. The predicted octanol–water partition coefficient (Wildman–Crippen LogP) is -8.81. The number of nitrogens with one attached hydrogen (secondary N) is 8. The maximum atomic E-state index is 13.8. The van der Waals surface area contributed by atoms with Gasteiger partial charge in [0.2, 0.25) is 47.3 Å². The normalized spacial score (nSPS) is 30.3. The molecule has 38 heteroatoms. The average Bonchev–Trinajstić information content (AvgIpc) is 0.814. The van der Waals surface area contributed by atoms with E-state index in [4.69, 9.17) is 47.2 Å². The highest BCUT2D eigenvalue weighted by Gasteiger charge is 2.52. The first-order valence-electron chi connectivity index (χ1n) is 30.3. The van der Waals surface area contributed by atoms with Crippen molar-refractivity contribution < 1.29 is 141 Å². The number of rotatable bonds is 40. The molecular formula is C54H95N8O29P. The highest BCUT2D eigenvalue weighted by atomic mass is 31.2. The van der Waals surface area contributed by atoms with E-state index in [2.05, 4.69) is 42.5 Å².